The molecule has 0 aliphatic heterocycles. The number of carbonyl (C=O) groups is 1. The molecule has 0 aromatic carbocycles. The molecule has 3 rings (SSSR count). The minimum atomic E-state index is -0.0692. The van der Waals surface area contributed by atoms with Crippen LogP contribution in [0.5, 0.6) is 0 Å². The molecule has 0 unspecified atom stereocenters. The van der Waals surface area contributed by atoms with Crippen LogP contribution in [0.4, 0.5) is 0 Å². The molecule has 1 amide bonds. The summed E-state index contributed by atoms with van der Waals surface area (Å²) < 4.78 is 1.48. The summed E-state index contributed by atoms with van der Waals surface area (Å²) in [6, 6.07) is 0.220. The fourth-order valence-electron chi connectivity index (χ4n) is 3.69. The normalized spacial score (nSPS) is 14.4. The Balaban J connectivity index is 1.97. The monoisotopic (exact) mass is 347 g/mol. The van der Waals surface area contributed by atoms with Crippen molar-refractivity contribution in [1.82, 2.24) is 14.5 Å². The summed E-state index contributed by atoms with van der Waals surface area (Å²) in [6.07, 6.45) is 5.84. The Hall–Kier alpha value is -1.69. The molecule has 0 N–H and O–H groups in total. The van der Waals surface area contributed by atoms with E-state index in [1.807, 2.05) is 32.6 Å². The summed E-state index contributed by atoms with van der Waals surface area (Å²) in [5.41, 5.74) is 1.10. The SMILES string of the molecule is CC(C)N(C(=O)Cn1cnc2sc3c(c2c1=O)CCCC3)C(C)C. The molecule has 1 aliphatic rings. The molecule has 0 spiro atoms. The molecule has 0 fully saturated rings. The molecular formula is C18H25N3O2S. The van der Waals surface area contributed by atoms with E-state index in [0.29, 0.717) is 0 Å². The molecule has 0 atom stereocenters. The van der Waals surface area contributed by atoms with Gasteiger partial charge in [-0.3, -0.25) is 14.2 Å². The first-order chi connectivity index (χ1) is 11.4. The maximum absolute atomic E-state index is 12.9. The van der Waals surface area contributed by atoms with Crippen LogP contribution in [0.1, 0.15) is 51.0 Å². The van der Waals surface area contributed by atoms with Crippen molar-refractivity contribution in [2.75, 3.05) is 0 Å². The van der Waals surface area contributed by atoms with E-state index < -0.39 is 0 Å². The second-order valence-electron chi connectivity index (χ2n) is 7.06. The summed E-state index contributed by atoms with van der Waals surface area (Å²) in [5, 5.41) is 0.741. The Morgan fingerprint density at radius 1 is 1.25 bits per heavy atom. The van der Waals surface area contributed by atoms with Gasteiger partial charge in [-0.25, -0.2) is 4.98 Å². The molecule has 5 nitrogen and oxygen atoms in total. The maximum atomic E-state index is 12.9. The van der Waals surface area contributed by atoms with Gasteiger partial charge in [0.25, 0.3) is 5.56 Å². The van der Waals surface area contributed by atoms with Crippen LogP contribution in [-0.2, 0) is 24.2 Å². The minimum Gasteiger partial charge on any atom is -0.336 e. The second kappa shape index (κ2) is 6.67. The van der Waals surface area contributed by atoms with Gasteiger partial charge in [0.2, 0.25) is 5.91 Å². The number of fused-ring (bicyclic) bond motifs is 3. The minimum absolute atomic E-state index is 0.0349. The van der Waals surface area contributed by atoms with Crippen LogP contribution in [0.15, 0.2) is 11.1 Å². The highest BCUT2D eigenvalue weighted by Crippen LogP contribution is 2.33. The molecule has 0 radical (unpaired) electrons. The molecule has 0 saturated heterocycles. The van der Waals surface area contributed by atoms with Crippen LogP contribution >= 0.6 is 11.3 Å². The highest BCUT2D eigenvalue weighted by atomic mass is 32.1. The van der Waals surface area contributed by atoms with Gasteiger partial charge < -0.3 is 4.90 Å². The lowest BCUT2D eigenvalue weighted by molar-refractivity contribution is -0.135. The Morgan fingerprint density at radius 2 is 1.92 bits per heavy atom. The number of thiophene rings is 1. The zero-order chi connectivity index (χ0) is 17.4. The number of nitrogens with zero attached hydrogens (tertiary/aromatic N) is 3. The van der Waals surface area contributed by atoms with Crippen molar-refractivity contribution in [3.63, 3.8) is 0 Å². The van der Waals surface area contributed by atoms with Crippen molar-refractivity contribution < 1.29 is 4.79 Å². The summed E-state index contributed by atoms with van der Waals surface area (Å²) >= 11 is 1.64. The van der Waals surface area contributed by atoms with Crippen LogP contribution < -0.4 is 5.56 Å². The number of carbonyl (C=O) groups excluding carboxylic acids is 1. The van der Waals surface area contributed by atoms with Crippen LogP contribution in [0.2, 0.25) is 0 Å². The number of amides is 1. The summed E-state index contributed by atoms with van der Waals surface area (Å²) in [4.78, 5) is 34.0. The van der Waals surface area contributed by atoms with Gasteiger partial charge in [-0.2, -0.15) is 0 Å². The van der Waals surface area contributed by atoms with E-state index in [1.54, 1.807) is 11.3 Å². The Morgan fingerprint density at radius 3 is 2.58 bits per heavy atom. The number of aryl methyl sites for hydroxylation is 2. The van der Waals surface area contributed by atoms with Gasteiger partial charge in [-0.05, 0) is 58.9 Å². The molecule has 2 aromatic heterocycles. The van der Waals surface area contributed by atoms with Gasteiger partial charge in [0.05, 0.1) is 11.7 Å². The van der Waals surface area contributed by atoms with Crippen LogP contribution in [0.25, 0.3) is 10.2 Å². The number of hydrogen-bond donors (Lipinski definition) is 0. The quantitative estimate of drug-likeness (QED) is 0.854. The van der Waals surface area contributed by atoms with Gasteiger partial charge in [-0.15, -0.1) is 11.3 Å². The summed E-state index contributed by atoms with van der Waals surface area (Å²) in [7, 11) is 0. The van der Waals surface area contributed by atoms with Gasteiger partial charge >= 0.3 is 0 Å². The van der Waals surface area contributed by atoms with Crippen molar-refractivity contribution in [3.05, 3.63) is 27.1 Å². The van der Waals surface area contributed by atoms with Gasteiger partial charge in [0.1, 0.15) is 11.4 Å². The number of aromatic nitrogens is 2. The average molecular weight is 347 g/mol. The molecule has 2 aromatic rings. The van der Waals surface area contributed by atoms with Crippen molar-refractivity contribution in [2.24, 2.45) is 0 Å². The molecule has 2 heterocycles. The lowest BCUT2D eigenvalue weighted by atomic mass is 9.97. The standard InChI is InChI=1S/C18H25N3O2S/c1-11(2)21(12(3)4)15(22)9-20-10-19-17-16(18(20)23)13-7-5-6-8-14(13)24-17/h10-12H,5-9H2,1-4H3. The molecule has 130 valence electrons. The van der Waals surface area contributed by atoms with Gasteiger partial charge in [-0.1, -0.05) is 0 Å². The van der Waals surface area contributed by atoms with Crippen LogP contribution in [0.3, 0.4) is 0 Å². The third kappa shape index (κ3) is 2.99. The lowest BCUT2D eigenvalue weighted by Gasteiger charge is -2.31. The van der Waals surface area contributed by atoms with Crippen molar-refractivity contribution >= 4 is 27.5 Å². The van der Waals surface area contributed by atoms with E-state index in [-0.39, 0.29) is 30.1 Å². The van der Waals surface area contributed by atoms with E-state index in [2.05, 4.69) is 4.98 Å². The van der Waals surface area contributed by atoms with Crippen molar-refractivity contribution in [3.8, 4) is 0 Å². The van der Waals surface area contributed by atoms with E-state index in [1.165, 1.54) is 27.8 Å². The Labute approximate surface area is 146 Å². The fraction of sp³-hybridized carbons (Fsp3) is 0.611. The molecule has 1 aliphatic carbocycles. The van der Waals surface area contributed by atoms with E-state index in [4.69, 9.17) is 0 Å². The van der Waals surface area contributed by atoms with E-state index in [0.717, 1.165) is 29.5 Å². The number of hydrogen-bond acceptors (Lipinski definition) is 4. The lowest BCUT2D eigenvalue weighted by Crippen LogP contribution is -2.44. The first kappa shape index (κ1) is 17.1. The fourth-order valence-corrected chi connectivity index (χ4v) is 4.91. The number of rotatable bonds is 4. The maximum Gasteiger partial charge on any atom is 0.262 e. The predicted octanol–water partition coefficient (Wildman–Crippen LogP) is 2.98. The molecule has 6 heteroatoms. The molecular weight excluding hydrogens is 322 g/mol. The van der Waals surface area contributed by atoms with Crippen LogP contribution in [-0.4, -0.2) is 32.4 Å². The molecule has 0 bridgehead atoms. The highest BCUT2D eigenvalue weighted by molar-refractivity contribution is 7.18. The summed E-state index contributed by atoms with van der Waals surface area (Å²) in [6.45, 7) is 8.05. The van der Waals surface area contributed by atoms with Gasteiger partial charge in [0, 0.05) is 17.0 Å². The smallest absolute Gasteiger partial charge is 0.262 e. The zero-order valence-corrected chi connectivity index (χ0v) is 15.7. The predicted molar refractivity (Wildman–Crippen MR) is 97.6 cm³/mol. The second-order valence-corrected chi connectivity index (χ2v) is 8.14. The Kier molecular flexibility index (Phi) is 4.76. The first-order valence-corrected chi connectivity index (χ1v) is 9.52. The molecule has 24 heavy (non-hydrogen) atoms. The Bertz CT molecular complexity index is 812. The van der Waals surface area contributed by atoms with Crippen molar-refractivity contribution in [1.29, 1.82) is 0 Å². The summed E-state index contributed by atoms with van der Waals surface area (Å²) in [5.74, 6) is -0.0349. The third-order valence-electron chi connectivity index (χ3n) is 4.65. The average Bonchev–Trinajstić information content (AvgIpc) is 2.88. The first-order valence-electron chi connectivity index (χ1n) is 8.71. The largest absolute Gasteiger partial charge is 0.336 e. The molecule has 0 saturated carbocycles. The topological polar surface area (TPSA) is 55.2 Å². The highest BCUT2D eigenvalue weighted by Gasteiger charge is 2.23. The van der Waals surface area contributed by atoms with Gasteiger partial charge in [0.15, 0.2) is 0 Å². The third-order valence-corrected chi connectivity index (χ3v) is 5.85. The van der Waals surface area contributed by atoms with Crippen molar-refractivity contribution in [2.45, 2.75) is 72.0 Å². The van der Waals surface area contributed by atoms with E-state index in [9.17, 15) is 9.59 Å². The van der Waals surface area contributed by atoms with Crippen LogP contribution in [0, 0.1) is 0 Å². The van der Waals surface area contributed by atoms with E-state index >= 15 is 0 Å². The zero-order valence-electron chi connectivity index (χ0n) is 14.8.